The summed E-state index contributed by atoms with van der Waals surface area (Å²) in [6.07, 6.45) is 3.44. The van der Waals surface area contributed by atoms with Gasteiger partial charge in [0, 0.05) is 12.4 Å². The SMILES string of the molecule is C/C(=N\c1n[nH]c(/N=C(\C)c2ccccn2)n1)c1ccccn1. The largest absolute Gasteiger partial charge is 0.270 e. The number of hydrogen-bond donors (Lipinski definition) is 1. The highest BCUT2D eigenvalue weighted by Crippen LogP contribution is 2.13. The first-order valence-corrected chi connectivity index (χ1v) is 7.08. The van der Waals surface area contributed by atoms with Crippen LogP contribution in [0.5, 0.6) is 0 Å². The van der Waals surface area contributed by atoms with Gasteiger partial charge in [0.1, 0.15) is 0 Å². The zero-order chi connectivity index (χ0) is 16.1. The summed E-state index contributed by atoms with van der Waals surface area (Å²) < 4.78 is 0. The van der Waals surface area contributed by atoms with E-state index in [4.69, 9.17) is 0 Å². The molecule has 3 heterocycles. The van der Waals surface area contributed by atoms with Crippen LogP contribution in [0, 0.1) is 0 Å². The predicted octanol–water partition coefficient (Wildman–Crippen LogP) is 2.88. The van der Waals surface area contributed by atoms with Crippen molar-refractivity contribution < 1.29 is 0 Å². The van der Waals surface area contributed by atoms with Gasteiger partial charge in [0.15, 0.2) is 0 Å². The molecule has 0 aliphatic rings. The van der Waals surface area contributed by atoms with Crippen LogP contribution in [-0.4, -0.2) is 36.6 Å². The third-order valence-corrected chi connectivity index (χ3v) is 3.07. The molecule has 7 heteroatoms. The van der Waals surface area contributed by atoms with E-state index < -0.39 is 0 Å². The van der Waals surface area contributed by atoms with Gasteiger partial charge in [0.05, 0.1) is 22.8 Å². The fourth-order valence-corrected chi connectivity index (χ4v) is 1.92. The summed E-state index contributed by atoms with van der Waals surface area (Å²) >= 11 is 0. The van der Waals surface area contributed by atoms with Crippen LogP contribution in [0.25, 0.3) is 0 Å². The molecule has 1 N–H and O–H groups in total. The average Bonchev–Trinajstić information content (AvgIpc) is 3.03. The molecular weight excluding hydrogens is 290 g/mol. The van der Waals surface area contributed by atoms with E-state index in [1.807, 2.05) is 50.2 Å². The van der Waals surface area contributed by atoms with Crippen LogP contribution < -0.4 is 0 Å². The number of nitrogens with zero attached hydrogens (tertiary/aromatic N) is 6. The molecule has 0 fully saturated rings. The summed E-state index contributed by atoms with van der Waals surface area (Å²) in [5.74, 6) is 0.710. The minimum Gasteiger partial charge on any atom is -0.255 e. The number of pyridine rings is 2. The van der Waals surface area contributed by atoms with E-state index in [1.165, 1.54) is 0 Å². The zero-order valence-electron chi connectivity index (χ0n) is 12.8. The highest BCUT2D eigenvalue weighted by Gasteiger charge is 2.05. The van der Waals surface area contributed by atoms with Crippen molar-refractivity contribution >= 4 is 23.3 Å². The van der Waals surface area contributed by atoms with Crippen LogP contribution in [0.4, 0.5) is 11.9 Å². The molecule has 23 heavy (non-hydrogen) atoms. The smallest absolute Gasteiger partial charge is 0.255 e. The van der Waals surface area contributed by atoms with Crippen LogP contribution in [0.1, 0.15) is 25.2 Å². The van der Waals surface area contributed by atoms with Gasteiger partial charge in [0.2, 0.25) is 5.95 Å². The minimum absolute atomic E-state index is 0.320. The minimum atomic E-state index is 0.320. The molecule has 0 amide bonds. The summed E-state index contributed by atoms with van der Waals surface area (Å²) in [5.41, 5.74) is 3.06. The van der Waals surface area contributed by atoms with Gasteiger partial charge < -0.3 is 0 Å². The molecular formula is C16H15N7. The Labute approximate surface area is 133 Å². The van der Waals surface area contributed by atoms with E-state index >= 15 is 0 Å². The second-order valence-electron chi connectivity index (χ2n) is 4.78. The third-order valence-electron chi connectivity index (χ3n) is 3.07. The summed E-state index contributed by atoms with van der Waals surface area (Å²) in [4.78, 5) is 21.4. The van der Waals surface area contributed by atoms with Crippen molar-refractivity contribution in [3.8, 4) is 0 Å². The van der Waals surface area contributed by atoms with Gasteiger partial charge in [-0.2, -0.15) is 4.98 Å². The number of nitrogens with one attached hydrogen (secondary N) is 1. The van der Waals surface area contributed by atoms with E-state index in [-0.39, 0.29) is 0 Å². The lowest BCUT2D eigenvalue weighted by molar-refractivity contribution is 1.07. The van der Waals surface area contributed by atoms with Crippen molar-refractivity contribution in [3.05, 3.63) is 60.2 Å². The van der Waals surface area contributed by atoms with Crippen LogP contribution in [0.3, 0.4) is 0 Å². The summed E-state index contributed by atoms with van der Waals surface area (Å²) in [6.45, 7) is 3.73. The Balaban J connectivity index is 1.81. The summed E-state index contributed by atoms with van der Waals surface area (Å²) in [5, 5.41) is 6.81. The molecule has 0 bridgehead atoms. The first kappa shape index (κ1) is 14.7. The Morgan fingerprint density at radius 1 is 0.870 bits per heavy atom. The molecule has 0 saturated heterocycles. The third kappa shape index (κ3) is 3.70. The molecule has 0 radical (unpaired) electrons. The lowest BCUT2D eigenvalue weighted by atomic mass is 10.2. The molecule has 3 aromatic heterocycles. The maximum atomic E-state index is 4.37. The topological polar surface area (TPSA) is 92.1 Å². The highest BCUT2D eigenvalue weighted by atomic mass is 15.3. The standard InChI is InChI=1S/C16H15N7/c1-11(13-7-3-5-9-17-13)19-15-21-16(23-22-15)20-12(2)14-8-4-6-10-18-14/h3-10H,1-2H3,(H,21,22,23)/b19-11+,20-12+. The van der Waals surface area contributed by atoms with Gasteiger partial charge >= 0.3 is 0 Å². The van der Waals surface area contributed by atoms with E-state index in [2.05, 4.69) is 35.1 Å². The highest BCUT2D eigenvalue weighted by molar-refractivity contribution is 5.98. The maximum Gasteiger partial charge on any atom is 0.270 e. The first-order chi connectivity index (χ1) is 11.2. The Kier molecular flexibility index (Phi) is 4.28. The number of aliphatic imine (C=N–C) groups is 2. The van der Waals surface area contributed by atoms with Crippen molar-refractivity contribution in [2.24, 2.45) is 9.98 Å². The van der Waals surface area contributed by atoms with Crippen molar-refractivity contribution in [1.29, 1.82) is 0 Å². The van der Waals surface area contributed by atoms with Gasteiger partial charge in [-0.1, -0.05) is 12.1 Å². The van der Waals surface area contributed by atoms with Crippen molar-refractivity contribution in [3.63, 3.8) is 0 Å². The normalized spacial score (nSPS) is 12.4. The van der Waals surface area contributed by atoms with E-state index in [0.29, 0.717) is 11.9 Å². The Bertz CT molecular complexity index is 765. The molecule has 3 aromatic rings. The fourth-order valence-electron chi connectivity index (χ4n) is 1.92. The average molecular weight is 305 g/mol. The molecule has 0 saturated carbocycles. The molecule has 0 unspecified atom stereocenters. The Hall–Kier alpha value is -3.22. The van der Waals surface area contributed by atoms with Crippen molar-refractivity contribution in [2.75, 3.05) is 0 Å². The van der Waals surface area contributed by atoms with E-state index in [1.54, 1.807) is 12.4 Å². The number of hydrogen-bond acceptors (Lipinski definition) is 6. The quantitative estimate of drug-likeness (QED) is 0.750. The van der Waals surface area contributed by atoms with Crippen molar-refractivity contribution in [1.82, 2.24) is 25.1 Å². The zero-order valence-corrected chi connectivity index (χ0v) is 12.8. The van der Waals surface area contributed by atoms with Gasteiger partial charge in [-0.15, -0.1) is 5.10 Å². The molecule has 3 rings (SSSR count). The Morgan fingerprint density at radius 2 is 1.48 bits per heavy atom. The predicted molar refractivity (Wildman–Crippen MR) is 88.6 cm³/mol. The molecule has 0 spiro atoms. The number of H-pyrrole nitrogens is 1. The number of aromatic amines is 1. The van der Waals surface area contributed by atoms with Gasteiger partial charge in [0.25, 0.3) is 5.95 Å². The molecule has 0 aromatic carbocycles. The van der Waals surface area contributed by atoms with E-state index in [9.17, 15) is 0 Å². The Morgan fingerprint density at radius 3 is 2.04 bits per heavy atom. The summed E-state index contributed by atoms with van der Waals surface area (Å²) in [7, 11) is 0. The molecule has 0 atom stereocenters. The number of aromatic nitrogens is 5. The molecule has 7 nitrogen and oxygen atoms in total. The summed E-state index contributed by atoms with van der Waals surface area (Å²) in [6, 6.07) is 11.3. The van der Waals surface area contributed by atoms with Gasteiger partial charge in [-0.25, -0.2) is 15.1 Å². The van der Waals surface area contributed by atoms with E-state index in [0.717, 1.165) is 22.8 Å². The molecule has 114 valence electrons. The van der Waals surface area contributed by atoms with Crippen LogP contribution in [-0.2, 0) is 0 Å². The molecule has 0 aliphatic heterocycles. The lowest BCUT2D eigenvalue weighted by Crippen LogP contribution is -1.97. The van der Waals surface area contributed by atoms with Crippen LogP contribution >= 0.6 is 0 Å². The molecule has 0 aliphatic carbocycles. The first-order valence-electron chi connectivity index (χ1n) is 7.08. The fraction of sp³-hybridized carbons (Fsp3) is 0.125. The van der Waals surface area contributed by atoms with Crippen LogP contribution in [0.2, 0.25) is 0 Å². The second-order valence-corrected chi connectivity index (χ2v) is 4.78. The number of rotatable bonds is 4. The maximum absolute atomic E-state index is 4.37. The van der Waals surface area contributed by atoms with Crippen molar-refractivity contribution in [2.45, 2.75) is 13.8 Å². The van der Waals surface area contributed by atoms with Gasteiger partial charge in [-0.3, -0.25) is 9.97 Å². The monoisotopic (exact) mass is 305 g/mol. The van der Waals surface area contributed by atoms with Gasteiger partial charge in [-0.05, 0) is 38.1 Å². The second kappa shape index (κ2) is 6.69. The van der Waals surface area contributed by atoms with Crippen LogP contribution in [0.15, 0.2) is 58.8 Å². The lowest BCUT2D eigenvalue weighted by Gasteiger charge is -1.97.